The van der Waals surface area contributed by atoms with E-state index in [1.54, 1.807) is 0 Å². The van der Waals surface area contributed by atoms with Gasteiger partial charge in [-0.1, -0.05) is 30.3 Å². The van der Waals surface area contributed by atoms with Crippen LogP contribution in [0.2, 0.25) is 0 Å². The molecule has 0 saturated carbocycles. The lowest BCUT2D eigenvalue weighted by atomic mass is 9.95. The van der Waals surface area contributed by atoms with E-state index in [2.05, 4.69) is 4.98 Å². The molecule has 1 aromatic heterocycles. The molecule has 1 atom stereocenters. The van der Waals surface area contributed by atoms with Gasteiger partial charge in [-0.05, 0) is 30.4 Å². The fourth-order valence-electron chi connectivity index (χ4n) is 4.32. The van der Waals surface area contributed by atoms with Gasteiger partial charge in [-0.3, -0.25) is 9.59 Å². The van der Waals surface area contributed by atoms with Gasteiger partial charge in [-0.15, -0.1) is 0 Å². The third-order valence-corrected chi connectivity index (χ3v) is 5.75. The number of aryl methyl sites for hydroxylation is 1. The molecule has 5 heteroatoms. The molecule has 0 spiro atoms. The SMILES string of the molecule is Cn1ccnc1[C@H]1CCCN(C(=O)CC2=C(c3ccccc3)CCC2=O)C1. The zero-order chi connectivity index (χ0) is 18.8. The van der Waals surface area contributed by atoms with Crippen LogP contribution in [0.4, 0.5) is 0 Å². The minimum atomic E-state index is 0.0626. The predicted octanol–water partition coefficient (Wildman–Crippen LogP) is 3.33. The lowest BCUT2D eigenvalue weighted by molar-refractivity contribution is -0.132. The summed E-state index contributed by atoms with van der Waals surface area (Å²) in [6.07, 6.45) is 7.25. The van der Waals surface area contributed by atoms with E-state index >= 15 is 0 Å². The molecule has 27 heavy (non-hydrogen) atoms. The third kappa shape index (κ3) is 3.59. The van der Waals surface area contributed by atoms with Gasteiger partial charge in [-0.2, -0.15) is 0 Å². The Balaban J connectivity index is 1.51. The molecule has 5 nitrogen and oxygen atoms in total. The Bertz CT molecular complexity index is 882. The monoisotopic (exact) mass is 363 g/mol. The first kappa shape index (κ1) is 17.7. The van der Waals surface area contributed by atoms with Crippen LogP contribution in [0, 0.1) is 0 Å². The van der Waals surface area contributed by atoms with Gasteiger partial charge in [0.25, 0.3) is 0 Å². The highest BCUT2D eigenvalue weighted by Gasteiger charge is 2.30. The lowest BCUT2D eigenvalue weighted by Gasteiger charge is -2.32. The van der Waals surface area contributed by atoms with Gasteiger partial charge in [0.2, 0.25) is 5.91 Å². The number of rotatable bonds is 4. The number of ketones is 1. The summed E-state index contributed by atoms with van der Waals surface area (Å²) in [5, 5.41) is 0. The molecule has 2 aliphatic rings. The molecular formula is C22H25N3O2. The molecule has 1 amide bonds. The van der Waals surface area contributed by atoms with Crippen LogP contribution in [0.25, 0.3) is 5.57 Å². The summed E-state index contributed by atoms with van der Waals surface area (Å²) in [6.45, 7) is 1.45. The number of aromatic nitrogens is 2. The van der Waals surface area contributed by atoms with Crippen molar-refractivity contribution in [3.8, 4) is 0 Å². The number of carbonyl (C=O) groups is 2. The molecule has 140 valence electrons. The van der Waals surface area contributed by atoms with Crippen LogP contribution in [-0.4, -0.2) is 39.2 Å². The molecule has 2 heterocycles. The first-order valence-corrected chi connectivity index (χ1v) is 9.69. The molecule has 1 fully saturated rings. The number of allylic oxidation sites excluding steroid dienone is 1. The Hall–Kier alpha value is -2.69. The maximum absolute atomic E-state index is 13.0. The normalized spacial score (nSPS) is 20.4. The van der Waals surface area contributed by atoms with Gasteiger partial charge in [0, 0.05) is 50.4 Å². The van der Waals surface area contributed by atoms with Crippen molar-refractivity contribution in [1.82, 2.24) is 14.5 Å². The van der Waals surface area contributed by atoms with E-state index in [1.807, 2.05) is 59.2 Å². The van der Waals surface area contributed by atoms with E-state index < -0.39 is 0 Å². The van der Waals surface area contributed by atoms with Crippen molar-refractivity contribution in [1.29, 1.82) is 0 Å². The topological polar surface area (TPSA) is 55.2 Å². The maximum atomic E-state index is 13.0. The summed E-state index contributed by atoms with van der Waals surface area (Å²) in [7, 11) is 2.00. The van der Waals surface area contributed by atoms with Crippen LogP contribution in [0.1, 0.15) is 49.4 Å². The maximum Gasteiger partial charge on any atom is 0.227 e. The number of amides is 1. The number of piperidine rings is 1. The van der Waals surface area contributed by atoms with E-state index in [0.29, 0.717) is 18.5 Å². The van der Waals surface area contributed by atoms with Crippen LogP contribution in [0.15, 0.2) is 48.3 Å². The number of benzene rings is 1. The second kappa shape index (κ2) is 7.51. The molecule has 0 bridgehead atoms. The Morgan fingerprint density at radius 3 is 2.78 bits per heavy atom. The van der Waals surface area contributed by atoms with Crippen molar-refractivity contribution in [3.63, 3.8) is 0 Å². The Kier molecular flexibility index (Phi) is 4.92. The van der Waals surface area contributed by atoms with E-state index in [1.165, 1.54) is 0 Å². The highest BCUT2D eigenvalue weighted by molar-refractivity contribution is 6.10. The third-order valence-electron chi connectivity index (χ3n) is 5.75. The smallest absolute Gasteiger partial charge is 0.227 e. The van der Waals surface area contributed by atoms with Gasteiger partial charge in [-0.25, -0.2) is 4.98 Å². The summed E-state index contributed by atoms with van der Waals surface area (Å²) in [6, 6.07) is 9.98. The Morgan fingerprint density at radius 2 is 2.04 bits per heavy atom. The first-order chi connectivity index (χ1) is 13.1. The van der Waals surface area contributed by atoms with Crippen LogP contribution < -0.4 is 0 Å². The minimum absolute atomic E-state index is 0.0626. The molecule has 0 radical (unpaired) electrons. The second-order valence-corrected chi connectivity index (χ2v) is 7.50. The summed E-state index contributed by atoms with van der Waals surface area (Å²) in [5.74, 6) is 1.49. The average molecular weight is 363 g/mol. The quantitative estimate of drug-likeness (QED) is 0.837. The number of likely N-dealkylation sites (tertiary alicyclic amines) is 1. The van der Waals surface area contributed by atoms with E-state index in [-0.39, 0.29) is 24.0 Å². The van der Waals surface area contributed by atoms with E-state index in [0.717, 1.165) is 42.8 Å². The van der Waals surface area contributed by atoms with E-state index in [4.69, 9.17) is 0 Å². The number of hydrogen-bond donors (Lipinski definition) is 0. The van der Waals surface area contributed by atoms with Crippen molar-refractivity contribution in [2.24, 2.45) is 7.05 Å². The number of hydrogen-bond acceptors (Lipinski definition) is 3. The number of nitrogens with zero attached hydrogens (tertiary/aromatic N) is 3. The molecule has 1 aliphatic carbocycles. The zero-order valence-corrected chi connectivity index (χ0v) is 15.7. The minimum Gasteiger partial charge on any atom is -0.342 e. The Morgan fingerprint density at radius 1 is 1.22 bits per heavy atom. The zero-order valence-electron chi connectivity index (χ0n) is 15.7. The first-order valence-electron chi connectivity index (χ1n) is 9.69. The van der Waals surface area contributed by atoms with Crippen LogP contribution in [0.5, 0.6) is 0 Å². The molecule has 2 aromatic rings. The largest absolute Gasteiger partial charge is 0.342 e. The molecule has 0 N–H and O–H groups in total. The van der Waals surface area contributed by atoms with Crippen LogP contribution in [-0.2, 0) is 16.6 Å². The van der Waals surface area contributed by atoms with Gasteiger partial charge < -0.3 is 9.47 Å². The summed E-state index contributed by atoms with van der Waals surface area (Å²) < 4.78 is 2.04. The van der Waals surface area contributed by atoms with Crippen molar-refractivity contribution < 1.29 is 9.59 Å². The second-order valence-electron chi connectivity index (χ2n) is 7.50. The number of imidazole rings is 1. The van der Waals surface area contributed by atoms with Crippen LogP contribution >= 0.6 is 0 Å². The highest BCUT2D eigenvalue weighted by Crippen LogP contribution is 2.34. The lowest BCUT2D eigenvalue weighted by Crippen LogP contribution is -2.40. The average Bonchev–Trinajstić information content (AvgIpc) is 3.28. The van der Waals surface area contributed by atoms with Crippen molar-refractivity contribution in [2.75, 3.05) is 13.1 Å². The van der Waals surface area contributed by atoms with Crippen molar-refractivity contribution in [2.45, 2.75) is 38.0 Å². The van der Waals surface area contributed by atoms with Gasteiger partial charge >= 0.3 is 0 Å². The molecule has 1 aliphatic heterocycles. The summed E-state index contributed by atoms with van der Waals surface area (Å²) >= 11 is 0. The van der Waals surface area contributed by atoms with Gasteiger partial charge in [0.05, 0.1) is 6.42 Å². The predicted molar refractivity (Wildman–Crippen MR) is 104 cm³/mol. The van der Waals surface area contributed by atoms with Crippen LogP contribution in [0.3, 0.4) is 0 Å². The van der Waals surface area contributed by atoms with Gasteiger partial charge in [0.1, 0.15) is 5.82 Å². The van der Waals surface area contributed by atoms with Crippen molar-refractivity contribution >= 4 is 17.3 Å². The summed E-state index contributed by atoms with van der Waals surface area (Å²) in [4.78, 5) is 31.8. The van der Waals surface area contributed by atoms with E-state index in [9.17, 15) is 9.59 Å². The highest BCUT2D eigenvalue weighted by atomic mass is 16.2. The molecule has 4 rings (SSSR count). The van der Waals surface area contributed by atoms with Crippen molar-refractivity contribution in [3.05, 3.63) is 59.7 Å². The Labute approximate surface area is 159 Å². The standard InChI is InChI=1S/C22H25N3O2/c1-24-13-11-23-22(24)17-8-5-12-25(15-17)21(27)14-19-18(9-10-20(19)26)16-6-3-2-4-7-16/h2-4,6-7,11,13,17H,5,8-10,12,14-15H2,1H3/t17-/m0/s1. The number of Topliss-reactive ketones (excluding diaryl/α,β-unsaturated/α-hetero) is 1. The molecule has 0 unspecified atom stereocenters. The van der Waals surface area contributed by atoms with Gasteiger partial charge in [0.15, 0.2) is 5.78 Å². The number of carbonyl (C=O) groups excluding carboxylic acids is 2. The fraction of sp³-hybridized carbons (Fsp3) is 0.409. The molecular weight excluding hydrogens is 338 g/mol. The molecule has 1 saturated heterocycles. The summed E-state index contributed by atoms with van der Waals surface area (Å²) in [5.41, 5.74) is 2.83. The fourth-order valence-corrected chi connectivity index (χ4v) is 4.32. The molecule has 1 aromatic carbocycles.